The number of anilines is 1. The second-order valence-electron chi connectivity index (χ2n) is 7.68. The lowest BCUT2D eigenvalue weighted by Gasteiger charge is -2.18. The van der Waals surface area contributed by atoms with Crippen LogP contribution in [0.4, 0.5) is 5.69 Å². The van der Waals surface area contributed by atoms with Crippen molar-refractivity contribution < 1.29 is 9.53 Å². The van der Waals surface area contributed by atoms with E-state index in [1.54, 1.807) is 11.8 Å². The second kappa shape index (κ2) is 10.3. The smallest absolute Gasteiger partial charge is 0.242 e. The predicted molar refractivity (Wildman–Crippen MR) is 129 cm³/mol. The molecule has 0 unspecified atom stereocenters. The molecule has 1 heterocycles. The highest BCUT2D eigenvalue weighted by Crippen LogP contribution is 2.35. The average molecular weight is 460 g/mol. The van der Waals surface area contributed by atoms with E-state index in [1.807, 2.05) is 86.6 Å². The average Bonchev–Trinajstić information content (AvgIpc) is 3.27. The van der Waals surface area contributed by atoms with Crippen LogP contribution in [0.5, 0.6) is 5.75 Å². The van der Waals surface area contributed by atoms with Crippen LogP contribution in [0, 0.1) is 13.8 Å². The van der Waals surface area contributed by atoms with Crippen molar-refractivity contribution in [3.05, 3.63) is 95.1 Å². The van der Waals surface area contributed by atoms with Crippen LogP contribution in [-0.2, 0) is 11.3 Å². The Balaban J connectivity index is 1.58. The number of aryl methyl sites for hydroxylation is 2. The van der Waals surface area contributed by atoms with E-state index in [0.29, 0.717) is 11.7 Å². The number of carbonyl (C=O) groups is 1. The Morgan fingerprint density at radius 1 is 1.06 bits per heavy atom. The molecule has 4 rings (SSSR count). The highest BCUT2D eigenvalue weighted by molar-refractivity contribution is 8.00. The maximum atomic E-state index is 13.4. The number of tetrazole rings is 1. The monoisotopic (exact) mass is 459 g/mol. The van der Waals surface area contributed by atoms with Crippen LogP contribution in [-0.4, -0.2) is 33.2 Å². The van der Waals surface area contributed by atoms with Crippen LogP contribution >= 0.6 is 11.8 Å². The van der Waals surface area contributed by atoms with Crippen LogP contribution in [0.1, 0.15) is 27.5 Å². The zero-order valence-corrected chi connectivity index (χ0v) is 19.5. The van der Waals surface area contributed by atoms with Crippen molar-refractivity contribution in [3.8, 4) is 5.75 Å². The summed E-state index contributed by atoms with van der Waals surface area (Å²) in [7, 11) is 1.64. The Bertz CT molecular complexity index is 1230. The summed E-state index contributed by atoms with van der Waals surface area (Å²) in [6, 6.07) is 23.4. The largest absolute Gasteiger partial charge is 0.497 e. The van der Waals surface area contributed by atoms with Gasteiger partial charge in [0.2, 0.25) is 11.1 Å². The minimum atomic E-state index is -0.522. The van der Waals surface area contributed by atoms with E-state index in [4.69, 9.17) is 4.74 Å². The Morgan fingerprint density at radius 3 is 2.55 bits per heavy atom. The Labute approximate surface area is 197 Å². The highest BCUT2D eigenvalue weighted by atomic mass is 32.2. The van der Waals surface area contributed by atoms with Crippen molar-refractivity contribution in [1.82, 2.24) is 20.2 Å². The first-order valence-electron chi connectivity index (χ1n) is 10.5. The number of ether oxygens (including phenoxy) is 1. The SMILES string of the molecule is COc1ccc(Cn2nnnc2S[C@@H](C(=O)Nc2cc(C)ccc2C)c2ccccc2)cc1. The fourth-order valence-electron chi connectivity index (χ4n) is 3.36. The lowest BCUT2D eigenvalue weighted by atomic mass is 10.1. The number of thioether (sulfide) groups is 1. The number of amides is 1. The molecule has 1 amide bonds. The van der Waals surface area contributed by atoms with Gasteiger partial charge in [0, 0.05) is 5.69 Å². The minimum absolute atomic E-state index is 0.126. The van der Waals surface area contributed by atoms with E-state index in [9.17, 15) is 4.79 Å². The van der Waals surface area contributed by atoms with E-state index < -0.39 is 5.25 Å². The van der Waals surface area contributed by atoms with E-state index in [1.165, 1.54) is 11.8 Å². The fraction of sp³-hybridized carbons (Fsp3) is 0.200. The fourth-order valence-corrected chi connectivity index (χ4v) is 4.34. The molecule has 0 aliphatic heterocycles. The molecule has 8 heteroatoms. The molecule has 0 fully saturated rings. The molecule has 1 aromatic heterocycles. The van der Waals surface area contributed by atoms with Gasteiger partial charge < -0.3 is 10.1 Å². The van der Waals surface area contributed by atoms with Crippen molar-refractivity contribution in [2.45, 2.75) is 30.8 Å². The number of benzene rings is 3. The molecule has 168 valence electrons. The van der Waals surface area contributed by atoms with Crippen LogP contribution < -0.4 is 10.1 Å². The summed E-state index contributed by atoms with van der Waals surface area (Å²) in [5.41, 5.74) is 4.81. The number of rotatable bonds is 8. The van der Waals surface area contributed by atoms with Crippen LogP contribution in [0.2, 0.25) is 0 Å². The van der Waals surface area contributed by atoms with Gasteiger partial charge in [0.25, 0.3) is 0 Å². The summed E-state index contributed by atoms with van der Waals surface area (Å²) in [6.07, 6.45) is 0. The number of aromatic nitrogens is 4. The van der Waals surface area contributed by atoms with Crippen molar-refractivity contribution in [3.63, 3.8) is 0 Å². The van der Waals surface area contributed by atoms with Crippen LogP contribution in [0.3, 0.4) is 0 Å². The zero-order chi connectivity index (χ0) is 23.2. The molecule has 0 saturated carbocycles. The Morgan fingerprint density at radius 2 is 1.82 bits per heavy atom. The van der Waals surface area contributed by atoms with Gasteiger partial charge in [0.15, 0.2) is 0 Å². The summed E-state index contributed by atoms with van der Waals surface area (Å²) in [5, 5.41) is 15.3. The topological polar surface area (TPSA) is 81.9 Å². The molecular weight excluding hydrogens is 434 g/mol. The standard InChI is InChI=1S/C25H25N5O2S/c1-17-9-10-18(2)22(15-17)26-24(31)23(20-7-5-4-6-8-20)33-25-27-28-29-30(25)16-19-11-13-21(32-3)14-12-19/h4-15,23H,16H2,1-3H3,(H,26,31)/t23-/m1/s1. The quantitative estimate of drug-likeness (QED) is 0.381. The number of nitrogens with one attached hydrogen (secondary N) is 1. The molecule has 1 N–H and O–H groups in total. The molecule has 3 aromatic carbocycles. The van der Waals surface area contributed by atoms with Gasteiger partial charge in [-0.15, -0.1) is 5.10 Å². The molecular formula is C25H25N5O2S. The number of nitrogens with zero attached hydrogens (tertiary/aromatic N) is 4. The van der Waals surface area contributed by atoms with E-state index >= 15 is 0 Å². The Hall–Kier alpha value is -3.65. The Kier molecular flexibility index (Phi) is 7.04. The number of hydrogen-bond donors (Lipinski definition) is 1. The zero-order valence-electron chi connectivity index (χ0n) is 18.7. The van der Waals surface area contributed by atoms with Gasteiger partial charge >= 0.3 is 0 Å². The molecule has 4 aromatic rings. The normalized spacial score (nSPS) is 11.7. The van der Waals surface area contributed by atoms with Gasteiger partial charge in [-0.2, -0.15) is 0 Å². The number of hydrogen-bond acceptors (Lipinski definition) is 6. The first-order valence-corrected chi connectivity index (χ1v) is 11.4. The minimum Gasteiger partial charge on any atom is -0.497 e. The summed E-state index contributed by atoms with van der Waals surface area (Å²) in [5.74, 6) is 0.663. The molecule has 33 heavy (non-hydrogen) atoms. The first-order chi connectivity index (χ1) is 16.0. The predicted octanol–water partition coefficient (Wildman–Crippen LogP) is 4.82. The maximum Gasteiger partial charge on any atom is 0.242 e. The number of carbonyl (C=O) groups excluding carboxylic acids is 1. The third-order valence-corrected chi connectivity index (χ3v) is 6.43. The van der Waals surface area contributed by atoms with Gasteiger partial charge in [-0.3, -0.25) is 4.79 Å². The molecule has 0 aliphatic rings. The molecule has 0 radical (unpaired) electrons. The molecule has 0 aliphatic carbocycles. The van der Waals surface area contributed by atoms with E-state index in [2.05, 4.69) is 20.8 Å². The third kappa shape index (κ3) is 5.59. The maximum absolute atomic E-state index is 13.4. The lowest BCUT2D eigenvalue weighted by molar-refractivity contribution is -0.115. The molecule has 0 bridgehead atoms. The van der Waals surface area contributed by atoms with Crippen molar-refractivity contribution >= 4 is 23.4 Å². The van der Waals surface area contributed by atoms with Crippen LogP contribution in [0.15, 0.2) is 78.0 Å². The first kappa shape index (κ1) is 22.5. The molecule has 0 spiro atoms. The van der Waals surface area contributed by atoms with Gasteiger partial charge in [-0.1, -0.05) is 66.4 Å². The van der Waals surface area contributed by atoms with Gasteiger partial charge in [-0.05, 0) is 64.7 Å². The summed E-state index contributed by atoms with van der Waals surface area (Å²) >= 11 is 1.33. The summed E-state index contributed by atoms with van der Waals surface area (Å²) < 4.78 is 6.93. The van der Waals surface area contributed by atoms with Gasteiger partial charge in [0.1, 0.15) is 11.0 Å². The summed E-state index contributed by atoms with van der Waals surface area (Å²) in [6.45, 7) is 4.47. The van der Waals surface area contributed by atoms with Crippen LogP contribution in [0.25, 0.3) is 0 Å². The van der Waals surface area contributed by atoms with Gasteiger partial charge in [0.05, 0.1) is 13.7 Å². The van der Waals surface area contributed by atoms with Gasteiger partial charge in [-0.25, -0.2) is 4.68 Å². The van der Waals surface area contributed by atoms with E-state index in [-0.39, 0.29) is 5.91 Å². The lowest BCUT2D eigenvalue weighted by Crippen LogP contribution is -2.20. The van der Waals surface area contributed by atoms with Crippen molar-refractivity contribution in [2.24, 2.45) is 0 Å². The molecule has 1 atom stereocenters. The summed E-state index contributed by atoms with van der Waals surface area (Å²) in [4.78, 5) is 13.4. The third-order valence-electron chi connectivity index (χ3n) is 5.21. The highest BCUT2D eigenvalue weighted by Gasteiger charge is 2.25. The molecule has 7 nitrogen and oxygen atoms in total. The van der Waals surface area contributed by atoms with E-state index in [0.717, 1.165) is 33.7 Å². The van der Waals surface area contributed by atoms with Crippen molar-refractivity contribution in [1.29, 1.82) is 0 Å². The molecule has 0 saturated heterocycles. The second-order valence-corrected chi connectivity index (χ2v) is 8.76. The van der Waals surface area contributed by atoms with Crippen molar-refractivity contribution in [2.75, 3.05) is 12.4 Å². The number of methoxy groups -OCH3 is 1.